The van der Waals surface area contributed by atoms with Crippen LogP contribution < -0.4 is 0 Å². The lowest BCUT2D eigenvalue weighted by Gasteiger charge is -2.28. The maximum Gasteiger partial charge on any atom is 0.0708 e. The van der Waals surface area contributed by atoms with E-state index in [1.807, 2.05) is 42.7 Å². The van der Waals surface area contributed by atoms with Crippen molar-refractivity contribution in [3.63, 3.8) is 0 Å². The standard InChI is InChI=1S/C70H79N3/c1-48-47-73-66(44-63(48)55-25-23-54(24-26-55)53-15-13-12-14-16-53)56-21-19-49(20-22-56)17-18-50-39-51(45-69(8,9)59-31-27-57(28-32-59)64-42-61(35-37-71-64)67(2,3)4)41-52(40-50)46-70(10,11)60-33-29-58(30-34-60)65-43-62(36-38-72-65)68(5,6)7/h19-44,47,53H,12-18,45-46H2,1-11H3/i1D3,17D2,18D2. The Morgan fingerprint density at radius 3 is 1.36 bits per heavy atom. The summed E-state index contributed by atoms with van der Waals surface area (Å²) in [6, 6.07) is 48.5. The van der Waals surface area contributed by atoms with Crippen LogP contribution in [0.5, 0.6) is 0 Å². The van der Waals surface area contributed by atoms with Gasteiger partial charge < -0.3 is 0 Å². The molecule has 1 aliphatic rings. The second-order valence-corrected chi connectivity index (χ2v) is 24.1. The molecule has 3 heterocycles. The van der Waals surface area contributed by atoms with Gasteiger partial charge in [-0.2, -0.15) is 0 Å². The molecule has 3 aromatic heterocycles. The van der Waals surface area contributed by atoms with Gasteiger partial charge in [-0.15, -0.1) is 0 Å². The highest BCUT2D eigenvalue weighted by Crippen LogP contribution is 2.37. The molecule has 73 heavy (non-hydrogen) atoms. The van der Waals surface area contributed by atoms with Gasteiger partial charge in [0.05, 0.1) is 17.1 Å². The molecular formula is C70H79N3. The SMILES string of the molecule is [2H]C([2H])([2H])c1cnc(-c2ccc(C([2H])([2H])C([2H])([2H])c3cc(CC(C)(C)c4ccc(-c5cc(C(C)(C)C)ccn5)cc4)cc(CC(C)(C)c4ccc(-c5cc(C(C)(C)C)ccn5)cc4)c3)cc2)cc1-c1ccc(C2CCCCC2)cc1. The minimum absolute atomic E-state index is 0.00718. The van der Waals surface area contributed by atoms with Crippen LogP contribution in [0, 0.1) is 6.85 Å². The molecular weight excluding hydrogens is 883 g/mol. The lowest BCUT2D eigenvalue weighted by Crippen LogP contribution is -2.22. The third-order valence-electron chi connectivity index (χ3n) is 15.3. The van der Waals surface area contributed by atoms with Gasteiger partial charge in [0, 0.05) is 44.9 Å². The number of benzene rings is 5. The van der Waals surface area contributed by atoms with Crippen molar-refractivity contribution in [3.05, 3.63) is 220 Å². The van der Waals surface area contributed by atoms with Crippen LogP contribution in [0.25, 0.3) is 44.9 Å². The molecule has 3 heteroatoms. The summed E-state index contributed by atoms with van der Waals surface area (Å²) in [7, 11) is 0. The van der Waals surface area contributed by atoms with Crippen LogP contribution >= 0.6 is 0 Å². The average molecular weight is 969 g/mol. The first-order valence-electron chi connectivity index (χ1n) is 30.0. The quantitative estimate of drug-likeness (QED) is 0.109. The molecule has 1 aliphatic carbocycles. The molecule has 0 atom stereocenters. The highest BCUT2D eigenvalue weighted by molar-refractivity contribution is 5.73. The Hall–Kier alpha value is -6.45. The molecule has 0 aliphatic heterocycles. The van der Waals surface area contributed by atoms with E-state index >= 15 is 0 Å². The smallest absolute Gasteiger partial charge is 0.0708 e. The zero-order valence-electron chi connectivity index (χ0n) is 52.0. The molecule has 3 nitrogen and oxygen atoms in total. The molecule has 9 rings (SSSR count). The number of pyridine rings is 3. The highest BCUT2D eigenvalue weighted by Gasteiger charge is 2.26. The Morgan fingerprint density at radius 1 is 0.438 bits per heavy atom. The molecule has 374 valence electrons. The fourth-order valence-corrected chi connectivity index (χ4v) is 10.6. The van der Waals surface area contributed by atoms with Crippen molar-refractivity contribution in [3.8, 4) is 44.9 Å². The predicted molar refractivity (Wildman–Crippen MR) is 310 cm³/mol. The summed E-state index contributed by atoms with van der Waals surface area (Å²) < 4.78 is 64.1. The van der Waals surface area contributed by atoms with Crippen molar-refractivity contribution in [2.24, 2.45) is 0 Å². The van der Waals surface area contributed by atoms with Gasteiger partial charge in [-0.25, -0.2) is 0 Å². The largest absolute Gasteiger partial charge is 0.256 e. The highest BCUT2D eigenvalue weighted by atomic mass is 14.7. The third kappa shape index (κ3) is 12.5. The van der Waals surface area contributed by atoms with E-state index < -0.39 is 19.6 Å². The molecule has 0 N–H and O–H groups in total. The van der Waals surface area contributed by atoms with Crippen molar-refractivity contribution >= 4 is 0 Å². The molecule has 1 fully saturated rings. The van der Waals surface area contributed by atoms with E-state index in [4.69, 9.17) is 14.1 Å². The third-order valence-corrected chi connectivity index (χ3v) is 15.3. The Kier molecular flexibility index (Phi) is 12.5. The van der Waals surface area contributed by atoms with Crippen molar-refractivity contribution in [2.45, 2.75) is 161 Å². The summed E-state index contributed by atoms with van der Waals surface area (Å²) >= 11 is 0. The molecule has 0 saturated heterocycles. The van der Waals surface area contributed by atoms with Gasteiger partial charge in [0.15, 0.2) is 0 Å². The van der Waals surface area contributed by atoms with E-state index in [0.29, 0.717) is 35.6 Å². The van der Waals surface area contributed by atoms with E-state index in [1.54, 1.807) is 24.3 Å². The number of nitrogens with zero attached hydrogens (tertiary/aromatic N) is 3. The monoisotopic (exact) mass is 969 g/mol. The molecule has 0 amide bonds. The molecule has 0 spiro atoms. The Morgan fingerprint density at radius 2 is 0.877 bits per heavy atom. The first-order chi connectivity index (χ1) is 37.5. The first kappa shape index (κ1) is 43.0. The lowest BCUT2D eigenvalue weighted by molar-refractivity contribution is 0.443. The van der Waals surface area contributed by atoms with Crippen molar-refractivity contribution in [1.82, 2.24) is 15.0 Å². The Balaban J connectivity index is 1.03. The van der Waals surface area contributed by atoms with Gasteiger partial charge in [0.1, 0.15) is 0 Å². The predicted octanol–water partition coefficient (Wildman–Crippen LogP) is 18.3. The van der Waals surface area contributed by atoms with Crippen LogP contribution in [0.2, 0.25) is 0 Å². The van der Waals surface area contributed by atoms with Gasteiger partial charge >= 0.3 is 0 Å². The summed E-state index contributed by atoms with van der Waals surface area (Å²) in [4.78, 5) is 14.1. The lowest BCUT2D eigenvalue weighted by atomic mass is 9.76. The van der Waals surface area contributed by atoms with E-state index in [-0.39, 0.29) is 38.4 Å². The van der Waals surface area contributed by atoms with Gasteiger partial charge in [-0.05, 0) is 170 Å². The van der Waals surface area contributed by atoms with Crippen LogP contribution in [0.15, 0.2) is 164 Å². The summed E-state index contributed by atoms with van der Waals surface area (Å²) in [6.07, 6.45) is 7.48. The number of hydrogen-bond donors (Lipinski definition) is 0. The topological polar surface area (TPSA) is 38.7 Å². The van der Waals surface area contributed by atoms with Crippen LogP contribution in [0.3, 0.4) is 0 Å². The molecule has 8 aromatic rings. The molecule has 5 aromatic carbocycles. The van der Waals surface area contributed by atoms with E-state index in [9.17, 15) is 5.48 Å². The van der Waals surface area contributed by atoms with Crippen LogP contribution in [-0.4, -0.2) is 15.0 Å². The second kappa shape index (κ2) is 21.2. The summed E-state index contributed by atoms with van der Waals surface area (Å²) in [5.74, 6) is 0.523. The fraction of sp³-hybridized carbons (Fsp3) is 0.357. The average Bonchev–Trinajstić information content (AvgIpc) is 3.58. The van der Waals surface area contributed by atoms with Crippen LogP contribution in [-0.2, 0) is 47.2 Å². The Bertz CT molecular complexity index is 3310. The zero-order chi connectivity index (χ0) is 57.6. The minimum Gasteiger partial charge on any atom is -0.256 e. The van der Waals surface area contributed by atoms with Crippen molar-refractivity contribution in [1.29, 1.82) is 0 Å². The van der Waals surface area contributed by atoms with E-state index in [2.05, 4.69) is 165 Å². The van der Waals surface area contributed by atoms with Gasteiger partial charge in [-0.1, -0.05) is 204 Å². The number of hydrogen-bond acceptors (Lipinski definition) is 3. The van der Waals surface area contributed by atoms with Crippen LogP contribution in [0.1, 0.15) is 172 Å². The molecule has 0 radical (unpaired) electrons. The number of rotatable bonds is 14. The summed E-state index contributed by atoms with van der Waals surface area (Å²) in [6.45, 7) is 19.7. The number of aryl methyl sites for hydroxylation is 3. The number of aromatic nitrogens is 3. The maximum atomic E-state index is 9.83. The second-order valence-electron chi connectivity index (χ2n) is 24.1. The van der Waals surface area contributed by atoms with Gasteiger partial charge in [0.2, 0.25) is 0 Å². The van der Waals surface area contributed by atoms with Crippen molar-refractivity contribution < 1.29 is 9.60 Å². The van der Waals surface area contributed by atoms with E-state index in [0.717, 1.165) is 50.3 Å². The first-order valence-corrected chi connectivity index (χ1v) is 26.5. The van der Waals surface area contributed by atoms with E-state index in [1.165, 1.54) is 55.0 Å². The van der Waals surface area contributed by atoms with Crippen molar-refractivity contribution in [2.75, 3.05) is 0 Å². The normalized spacial score (nSPS) is 15.8. The maximum absolute atomic E-state index is 9.83. The van der Waals surface area contributed by atoms with Gasteiger partial charge in [-0.3, -0.25) is 15.0 Å². The fourth-order valence-electron chi connectivity index (χ4n) is 10.6. The van der Waals surface area contributed by atoms with Gasteiger partial charge in [0.25, 0.3) is 0 Å². The minimum atomic E-state index is -2.48. The molecule has 0 bridgehead atoms. The summed E-state index contributed by atoms with van der Waals surface area (Å²) in [5, 5.41) is 0. The zero-order valence-corrected chi connectivity index (χ0v) is 45.0. The molecule has 0 unspecified atom stereocenters. The Labute approximate surface area is 448 Å². The summed E-state index contributed by atoms with van der Waals surface area (Å²) in [5.41, 5.74) is 14.2. The molecule has 1 saturated carbocycles. The van der Waals surface area contributed by atoms with Crippen LogP contribution in [0.4, 0.5) is 0 Å².